The minimum absolute atomic E-state index is 0.0584. The Hall–Kier alpha value is -2.84. The Morgan fingerprint density at radius 1 is 0.968 bits per heavy atom. The minimum Gasteiger partial charge on any atom is -0.382 e. The van der Waals surface area contributed by atoms with Gasteiger partial charge in [-0.25, -0.2) is 13.4 Å². The Labute approximate surface area is 187 Å². The Morgan fingerprint density at radius 3 is 2.26 bits per heavy atom. The fourth-order valence-electron chi connectivity index (χ4n) is 3.68. The predicted octanol–water partition coefficient (Wildman–Crippen LogP) is 3.49. The van der Waals surface area contributed by atoms with Crippen molar-refractivity contribution < 1.29 is 8.42 Å². The van der Waals surface area contributed by atoms with Gasteiger partial charge in [-0.3, -0.25) is 0 Å². The highest BCUT2D eigenvalue weighted by molar-refractivity contribution is 7.91. The molecular formula is C22H24ClN5O2S. The molecule has 0 atom stereocenters. The molecule has 2 aromatic carbocycles. The molecule has 1 aliphatic rings. The first-order valence-corrected chi connectivity index (χ1v) is 11.8. The Kier molecular flexibility index (Phi) is 5.77. The highest BCUT2D eigenvalue weighted by Crippen LogP contribution is 2.28. The summed E-state index contributed by atoms with van der Waals surface area (Å²) in [7, 11) is -3.82. The van der Waals surface area contributed by atoms with E-state index in [0.717, 1.165) is 26.2 Å². The number of anilines is 3. The standard InChI is InChI=1S/C22H24ClN5O2S/c1-15-3-4-16(2)19(13-15)27-9-11-28(12-10-27)22-25-14-20(21(24)26-22)31(29,30)18-7-5-17(23)6-8-18/h3-8,13-14H,9-12H2,1-2H3,(H2,24,25,26). The van der Waals surface area contributed by atoms with Gasteiger partial charge in [-0.2, -0.15) is 4.98 Å². The average Bonchev–Trinajstić information content (AvgIpc) is 2.75. The third kappa shape index (κ3) is 4.31. The topological polar surface area (TPSA) is 92.4 Å². The normalized spacial score (nSPS) is 14.7. The van der Waals surface area contributed by atoms with E-state index in [1.807, 2.05) is 4.90 Å². The van der Waals surface area contributed by atoms with Crippen molar-refractivity contribution >= 4 is 38.9 Å². The van der Waals surface area contributed by atoms with Gasteiger partial charge in [-0.05, 0) is 55.3 Å². The van der Waals surface area contributed by atoms with Crippen molar-refractivity contribution in [1.82, 2.24) is 9.97 Å². The number of nitrogens with two attached hydrogens (primary N) is 1. The summed E-state index contributed by atoms with van der Waals surface area (Å²) < 4.78 is 25.8. The molecule has 0 saturated carbocycles. The van der Waals surface area contributed by atoms with Crippen LogP contribution in [-0.4, -0.2) is 44.6 Å². The Morgan fingerprint density at radius 2 is 1.61 bits per heavy atom. The van der Waals surface area contributed by atoms with E-state index in [-0.39, 0.29) is 15.6 Å². The van der Waals surface area contributed by atoms with Gasteiger partial charge >= 0.3 is 0 Å². The number of piperazine rings is 1. The summed E-state index contributed by atoms with van der Waals surface area (Å²) in [5, 5.41) is 0.457. The van der Waals surface area contributed by atoms with E-state index >= 15 is 0 Å². The van der Waals surface area contributed by atoms with Gasteiger partial charge in [0.05, 0.1) is 11.1 Å². The fourth-order valence-corrected chi connectivity index (χ4v) is 5.07. The lowest BCUT2D eigenvalue weighted by molar-refractivity contribution is 0.595. The van der Waals surface area contributed by atoms with Crippen LogP contribution in [0.3, 0.4) is 0 Å². The molecule has 0 aliphatic carbocycles. The Bertz CT molecular complexity index is 1210. The van der Waals surface area contributed by atoms with Gasteiger partial charge in [-0.1, -0.05) is 23.7 Å². The maximum absolute atomic E-state index is 12.9. The third-order valence-corrected chi connectivity index (χ3v) is 7.49. The van der Waals surface area contributed by atoms with Gasteiger partial charge in [-0.15, -0.1) is 0 Å². The van der Waals surface area contributed by atoms with Crippen molar-refractivity contribution in [2.75, 3.05) is 41.7 Å². The molecule has 9 heteroatoms. The van der Waals surface area contributed by atoms with Gasteiger partial charge in [0.1, 0.15) is 10.7 Å². The number of hydrogen-bond acceptors (Lipinski definition) is 7. The lowest BCUT2D eigenvalue weighted by atomic mass is 10.1. The maximum atomic E-state index is 12.9. The number of benzene rings is 2. The first-order valence-electron chi connectivity index (χ1n) is 9.96. The van der Waals surface area contributed by atoms with E-state index in [4.69, 9.17) is 17.3 Å². The quantitative estimate of drug-likeness (QED) is 0.641. The van der Waals surface area contributed by atoms with Gasteiger partial charge in [0.25, 0.3) is 0 Å². The van der Waals surface area contributed by atoms with Crippen LogP contribution in [0.25, 0.3) is 0 Å². The number of aromatic nitrogens is 2. The van der Waals surface area contributed by atoms with Crippen molar-refractivity contribution in [2.45, 2.75) is 23.6 Å². The first kappa shape index (κ1) is 21.4. The molecule has 2 heterocycles. The molecule has 0 amide bonds. The highest BCUT2D eigenvalue weighted by Gasteiger charge is 2.25. The molecule has 31 heavy (non-hydrogen) atoms. The molecule has 3 aromatic rings. The summed E-state index contributed by atoms with van der Waals surface area (Å²) in [5.41, 5.74) is 9.76. The SMILES string of the molecule is Cc1ccc(C)c(N2CCN(c3ncc(S(=O)(=O)c4ccc(Cl)cc4)c(N)n3)CC2)c1. The summed E-state index contributed by atoms with van der Waals surface area (Å²) in [6, 6.07) is 12.4. The smallest absolute Gasteiger partial charge is 0.227 e. The third-order valence-electron chi connectivity index (χ3n) is 5.45. The molecular weight excluding hydrogens is 434 g/mol. The molecule has 4 rings (SSSR count). The second-order valence-corrected chi connectivity index (χ2v) is 10.00. The Balaban J connectivity index is 1.51. The van der Waals surface area contributed by atoms with Crippen molar-refractivity contribution in [2.24, 2.45) is 0 Å². The summed E-state index contributed by atoms with van der Waals surface area (Å²) >= 11 is 5.86. The van der Waals surface area contributed by atoms with Crippen molar-refractivity contribution in [3.63, 3.8) is 0 Å². The lowest BCUT2D eigenvalue weighted by Gasteiger charge is -2.37. The minimum atomic E-state index is -3.82. The van der Waals surface area contributed by atoms with Crippen LogP contribution in [0.5, 0.6) is 0 Å². The molecule has 0 unspecified atom stereocenters. The average molecular weight is 458 g/mol. The van der Waals surface area contributed by atoms with E-state index in [1.165, 1.54) is 47.3 Å². The largest absolute Gasteiger partial charge is 0.382 e. The van der Waals surface area contributed by atoms with Crippen LogP contribution in [-0.2, 0) is 9.84 Å². The van der Waals surface area contributed by atoms with Crippen molar-refractivity contribution in [3.8, 4) is 0 Å². The van der Waals surface area contributed by atoms with Crippen LogP contribution >= 0.6 is 11.6 Å². The monoisotopic (exact) mass is 457 g/mol. The molecule has 1 aliphatic heterocycles. The molecule has 0 radical (unpaired) electrons. The number of rotatable bonds is 4. The number of sulfone groups is 1. The van der Waals surface area contributed by atoms with Crippen molar-refractivity contribution in [3.05, 3.63) is 64.8 Å². The summed E-state index contributed by atoms with van der Waals surface area (Å²) in [6.07, 6.45) is 1.29. The van der Waals surface area contributed by atoms with Crippen LogP contribution in [0.15, 0.2) is 58.5 Å². The number of nitrogens with zero attached hydrogens (tertiary/aromatic N) is 4. The van der Waals surface area contributed by atoms with E-state index < -0.39 is 9.84 Å². The second-order valence-electron chi connectivity index (χ2n) is 7.64. The number of nitrogen functional groups attached to an aromatic ring is 1. The summed E-state index contributed by atoms with van der Waals surface area (Å²) in [5.74, 6) is 0.380. The van der Waals surface area contributed by atoms with Crippen LogP contribution in [0.4, 0.5) is 17.5 Å². The molecule has 1 saturated heterocycles. The zero-order valence-electron chi connectivity index (χ0n) is 17.4. The van der Waals surface area contributed by atoms with E-state index in [2.05, 4.69) is 46.9 Å². The van der Waals surface area contributed by atoms with E-state index in [0.29, 0.717) is 11.0 Å². The zero-order chi connectivity index (χ0) is 22.2. The van der Waals surface area contributed by atoms with Crippen LogP contribution < -0.4 is 15.5 Å². The summed E-state index contributed by atoms with van der Waals surface area (Å²) in [6.45, 7) is 7.28. The van der Waals surface area contributed by atoms with Crippen LogP contribution in [0.1, 0.15) is 11.1 Å². The fraction of sp³-hybridized carbons (Fsp3) is 0.273. The number of hydrogen-bond donors (Lipinski definition) is 1. The van der Waals surface area contributed by atoms with Gasteiger partial charge < -0.3 is 15.5 Å². The van der Waals surface area contributed by atoms with Gasteiger partial charge in [0, 0.05) is 36.9 Å². The molecule has 0 spiro atoms. The van der Waals surface area contributed by atoms with E-state index in [9.17, 15) is 8.42 Å². The molecule has 1 aromatic heterocycles. The highest BCUT2D eigenvalue weighted by atomic mass is 35.5. The molecule has 1 fully saturated rings. The second kappa shape index (κ2) is 8.36. The zero-order valence-corrected chi connectivity index (χ0v) is 19.0. The van der Waals surface area contributed by atoms with Crippen molar-refractivity contribution in [1.29, 1.82) is 0 Å². The van der Waals surface area contributed by atoms with Crippen LogP contribution in [0, 0.1) is 13.8 Å². The number of halogens is 1. The molecule has 162 valence electrons. The van der Waals surface area contributed by atoms with E-state index in [1.54, 1.807) is 0 Å². The first-order chi connectivity index (χ1) is 14.8. The van der Waals surface area contributed by atoms with Crippen LogP contribution in [0.2, 0.25) is 5.02 Å². The van der Waals surface area contributed by atoms with Gasteiger partial charge in [0.15, 0.2) is 0 Å². The maximum Gasteiger partial charge on any atom is 0.227 e. The number of aryl methyl sites for hydroxylation is 2. The predicted molar refractivity (Wildman–Crippen MR) is 124 cm³/mol. The molecule has 0 bridgehead atoms. The molecule has 7 nitrogen and oxygen atoms in total. The summed E-state index contributed by atoms with van der Waals surface area (Å²) in [4.78, 5) is 13.0. The van der Waals surface area contributed by atoms with Gasteiger partial charge in [0.2, 0.25) is 15.8 Å². The molecule has 2 N–H and O–H groups in total. The lowest BCUT2D eigenvalue weighted by Crippen LogP contribution is -2.47.